The lowest BCUT2D eigenvalue weighted by molar-refractivity contribution is -0.384. The van der Waals surface area contributed by atoms with Gasteiger partial charge in [-0.25, -0.2) is 3.97 Å². The Morgan fingerprint density at radius 3 is 2.91 bits per heavy atom. The van der Waals surface area contributed by atoms with E-state index in [1.54, 1.807) is 6.07 Å². The van der Waals surface area contributed by atoms with Crippen molar-refractivity contribution >= 4 is 40.7 Å². The van der Waals surface area contributed by atoms with Crippen molar-refractivity contribution in [3.8, 4) is 11.6 Å². The molecule has 7 nitrogen and oxygen atoms in total. The third-order valence-corrected chi connectivity index (χ3v) is 3.38. The number of aromatic nitrogens is 3. The minimum Gasteiger partial charge on any atom is -0.438 e. The van der Waals surface area contributed by atoms with E-state index in [1.165, 1.54) is 30.5 Å². The van der Waals surface area contributed by atoms with Crippen molar-refractivity contribution < 1.29 is 13.5 Å². The lowest BCUT2D eigenvalue weighted by Crippen LogP contribution is -1.94. The van der Waals surface area contributed by atoms with E-state index in [9.17, 15) is 14.0 Å². The number of nitro groups is 1. The molecular weight excluding hydrogens is 335 g/mol. The van der Waals surface area contributed by atoms with Crippen LogP contribution in [0.15, 0.2) is 36.5 Å². The molecular formula is C12H6ClFN4O3S. The van der Waals surface area contributed by atoms with Gasteiger partial charge in [0.25, 0.3) is 5.69 Å². The van der Waals surface area contributed by atoms with Crippen molar-refractivity contribution in [3.63, 3.8) is 0 Å². The molecule has 0 radical (unpaired) electrons. The molecule has 0 fully saturated rings. The van der Waals surface area contributed by atoms with Crippen molar-refractivity contribution in [2.24, 2.45) is 0 Å². The fourth-order valence-electron chi connectivity index (χ4n) is 1.84. The zero-order chi connectivity index (χ0) is 15.7. The Labute approximate surface area is 132 Å². The normalized spacial score (nSPS) is 10.8. The monoisotopic (exact) mass is 340 g/mol. The van der Waals surface area contributed by atoms with Gasteiger partial charge in [-0.1, -0.05) is 6.07 Å². The number of nitro benzene ring substituents is 1. The fraction of sp³-hybridized carbons (Fsp3) is 0. The van der Waals surface area contributed by atoms with E-state index < -0.39 is 4.92 Å². The summed E-state index contributed by atoms with van der Waals surface area (Å²) in [5.74, 6) is 0.300. The second kappa shape index (κ2) is 5.78. The van der Waals surface area contributed by atoms with E-state index in [0.29, 0.717) is 5.39 Å². The second-order valence-corrected chi connectivity index (χ2v) is 4.97. The molecule has 10 heteroatoms. The number of non-ortho nitro benzene ring substituents is 1. The number of halogens is 2. The molecule has 0 aliphatic rings. The van der Waals surface area contributed by atoms with Gasteiger partial charge in [-0.05, 0) is 23.7 Å². The van der Waals surface area contributed by atoms with Gasteiger partial charge in [0.05, 0.1) is 16.4 Å². The van der Waals surface area contributed by atoms with E-state index in [1.807, 2.05) is 0 Å². The van der Waals surface area contributed by atoms with Crippen LogP contribution in [0.1, 0.15) is 0 Å². The van der Waals surface area contributed by atoms with Gasteiger partial charge >= 0.3 is 0 Å². The zero-order valence-corrected chi connectivity index (χ0v) is 12.2. The Bertz CT molecular complexity index is 873. The molecule has 1 aromatic carbocycles. The Morgan fingerprint density at radius 2 is 2.18 bits per heavy atom. The topological polar surface area (TPSA) is 83.1 Å². The number of rotatable bonds is 4. The van der Waals surface area contributed by atoms with Crippen LogP contribution >= 0.6 is 23.9 Å². The van der Waals surface area contributed by atoms with Crippen LogP contribution in [0.4, 0.5) is 9.57 Å². The molecule has 0 atom stereocenters. The van der Waals surface area contributed by atoms with Crippen molar-refractivity contribution in [1.29, 1.82) is 0 Å². The maximum Gasteiger partial charge on any atom is 0.273 e. The van der Waals surface area contributed by atoms with E-state index in [4.69, 9.17) is 16.3 Å². The molecule has 0 bridgehead atoms. The predicted molar refractivity (Wildman–Crippen MR) is 79.8 cm³/mol. The number of nitrogens with zero attached hydrogens (tertiary/aromatic N) is 4. The lowest BCUT2D eigenvalue weighted by atomic mass is 10.3. The summed E-state index contributed by atoms with van der Waals surface area (Å²) >= 11 is 5.76. The van der Waals surface area contributed by atoms with E-state index in [0.717, 1.165) is 3.97 Å². The minimum atomic E-state index is -0.536. The Balaban J connectivity index is 2.05. The molecule has 2 aromatic heterocycles. The zero-order valence-electron chi connectivity index (χ0n) is 10.6. The van der Waals surface area contributed by atoms with Crippen LogP contribution in [0.25, 0.3) is 11.0 Å². The van der Waals surface area contributed by atoms with Gasteiger partial charge in [0.15, 0.2) is 18.0 Å². The molecule has 0 unspecified atom stereocenters. The first kappa shape index (κ1) is 14.5. The minimum absolute atomic E-state index is 0.0421. The maximum absolute atomic E-state index is 12.8. The molecule has 3 rings (SSSR count). The maximum atomic E-state index is 12.8. The predicted octanol–water partition coefficient (Wildman–Crippen LogP) is 4.17. The Kier molecular flexibility index (Phi) is 3.82. The smallest absolute Gasteiger partial charge is 0.273 e. The summed E-state index contributed by atoms with van der Waals surface area (Å²) in [6.45, 7) is 0. The van der Waals surface area contributed by atoms with Gasteiger partial charge in [0.2, 0.25) is 11.2 Å². The van der Waals surface area contributed by atoms with Crippen molar-refractivity contribution in [2.75, 3.05) is 0 Å². The van der Waals surface area contributed by atoms with Gasteiger partial charge in [-0.3, -0.25) is 10.1 Å². The first-order chi connectivity index (χ1) is 10.6. The lowest BCUT2D eigenvalue weighted by Gasteiger charge is -2.06. The molecule has 112 valence electrons. The van der Waals surface area contributed by atoms with Gasteiger partial charge in [-0.15, -0.1) is 3.89 Å². The first-order valence-corrected chi connectivity index (χ1v) is 6.89. The van der Waals surface area contributed by atoms with Crippen LogP contribution in [-0.4, -0.2) is 18.9 Å². The van der Waals surface area contributed by atoms with Crippen molar-refractivity contribution in [2.45, 2.75) is 0 Å². The number of benzene rings is 1. The summed E-state index contributed by atoms with van der Waals surface area (Å²) in [5, 5.41) is 11.1. The largest absolute Gasteiger partial charge is 0.438 e. The second-order valence-electron chi connectivity index (χ2n) is 4.10. The summed E-state index contributed by atoms with van der Waals surface area (Å²) in [4.78, 5) is 18.1. The summed E-state index contributed by atoms with van der Waals surface area (Å²) in [5.41, 5.74) is 0.124. The molecule has 0 N–H and O–H groups in total. The molecule has 0 saturated heterocycles. The van der Waals surface area contributed by atoms with Crippen LogP contribution in [0.3, 0.4) is 0 Å². The molecule has 2 heterocycles. The number of fused-ring (bicyclic) bond motifs is 1. The van der Waals surface area contributed by atoms with Crippen LogP contribution in [0.5, 0.6) is 11.6 Å². The molecule has 3 aromatic rings. The number of hydrogen-bond acceptors (Lipinski definition) is 6. The van der Waals surface area contributed by atoms with Crippen LogP contribution in [0.2, 0.25) is 5.28 Å². The van der Waals surface area contributed by atoms with Gasteiger partial charge in [-0.2, -0.15) is 9.97 Å². The first-order valence-electron chi connectivity index (χ1n) is 5.84. The fourth-order valence-corrected chi connectivity index (χ4v) is 2.31. The molecule has 0 aliphatic carbocycles. The summed E-state index contributed by atoms with van der Waals surface area (Å²) < 4.78 is 19.5. The van der Waals surface area contributed by atoms with E-state index in [2.05, 4.69) is 9.97 Å². The third kappa shape index (κ3) is 2.68. The summed E-state index contributed by atoms with van der Waals surface area (Å²) in [6, 6.07) is 7.17. The van der Waals surface area contributed by atoms with Gasteiger partial charge in [0, 0.05) is 12.3 Å². The molecule has 0 aliphatic heterocycles. The quantitative estimate of drug-likeness (QED) is 0.403. The van der Waals surface area contributed by atoms with E-state index >= 15 is 0 Å². The Hall–Kier alpha value is -2.39. The van der Waals surface area contributed by atoms with Gasteiger partial charge < -0.3 is 4.74 Å². The highest BCUT2D eigenvalue weighted by molar-refractivity contribution is 7.92. The third-order valence-electron chi connectivity index (χ3n) is 2.77. The van der Waals surface area contributed by atoms with E-state index in [-0.39, 0.29) is 40.6 Å². The summed E-state index contributed by atoms with van der Waals surface area (Å²) in [7, 11) is 0. The highest BCUT2D eigenvalue weighted by atomic mass is 35.5. The average Bonchev–Trinajstić information content (AvgIpc) is 2.90. The molecule has 0 spiro atoms. The van der Waals surface area contributed by atoms with Crippen LogP contribution in [0, 0.1) is 10.1 Å². The Morgan fingerprint density at radius 1 is 1.36 bits per heavy atom. The van der Waals surface area contributed by atoms with Crippen LogP contribution in [-0.2, 0) is 0 Å². The van der Waals surface area contributed by atoms with Crippen LogP contribution < -0.4 is 4.74 Å². The average molecular weight is 341 g/mol. The van der Waals surface area contributed by atoms with Crippen molar-refractivity contribution in [3.05, 3.63) is 51.9 Å². The molecule has 0 saturated carbocycles. The van der Waals surface area contributed by atoms with Gasteiger partial charge in [0.1, 0.15) is 5.75 Å². The SMILES string of the molecule is O=[N+]([O-])c1cccc(Oc2nc(Cl)nc3c2ccn3SF)c1. The van der Waals surface area contributed by atoms with Crippen molar-refractivity contribution in [1.82, 2.24) is 13.9 Å². The highest BCUT2D eigenvalue weighted by Gasteiger charge is 2.15. The number of ether oxygens (including phenoxy) is 1. The molecule has 22 heavy (non-hydrogen) atoms. The molecule has 0 amide bonds. The highest BCUT2D eigenvalue weighted by Crippen LogP contribution is 2.32. The summed E-state index contributed by atoms with van der Waals surface area (Å²) in [6.07, 6.45) is 1.45. The number of hydrogen-bond donors (Lipinski definition) is 0. The standard InChI is InChI=1S/C12H6ClFN4O3S/c13-12-15-10-9(4-5-17(10)22-14)11(16-12)21-8-3-1-2-7(6-8)18(19)20/h1-6H.